The molecule has 0 radical (unpaired) electrons. The molecule has 1 saturated heterocycles. The first kappa shape index (κ1) is 28.7. The number of hydrogen-bond donors (Lipinski definition) is 1. The van der Waals surface area contributed by atoms with Gasteiger partial charge >= 0.3 is 5.91 Å². The van der Waals surface area contributed by atoms with Gasteiger partial charge in [0.15, 0.2) is 4.34 Å². The zero-order chi connectivity index (χ0) is 30.1. The first-order valence-corrected chi connectivity index (χ1v) is 15.6. The third-order valence-corrected chi connectivity index (χ3v) is 9.37. The fourth-order valence-electron chi connectivity index (χ4n) is 5.19. The lowest BCUT2D eigenvalue weighted by atomic mass is 9.94. The van der Waals surface area contributed by atoms with Crippen LogP contribution in [0.15, 0.2) is 89.3 Å². The SMILES string of the molecule is C=CCOc1cccc([C@H]2/C(=C(\O)c3ccc4c(c3)C[C@@H](C)O4)C(=O)C(=O)N2c2nnc(SCc3ccc(C)cc3)s2)c1. The monoisotopic (exact) mass is 611 g/mol. The molecule has 1 amide bonds. The van der Waals surface area contributed by atoms with Crippen molar-refractivity contribution in [2.45, 2.75) is 42.5 Å². The van der Waals surface area contributed by atoms with E-state index in [1.165, 1.54) is 33.6 Å². The van der Waals surface area contributed by atoms with Crippen LogP contribution >= 0.6 is 23.1 Å². The maximum atomic E-state index is 13.6. The molecule has 2 atom stereocenters. The number of amides is 1. The van der Waals surface area contributed by atoms with Gasteiger partial charge in [-0.15, -0.1) is 10.2 Å². The van der Waals surface area contributed by atoms with Crippen molar-refractivity contribution in [1.82, 2.24) is 10.2 Å². The minimum absolute atomic E-state index is 0.0201. The van der Waals surface area contributed by atoms with Crippen LogP contribution < -0.4 is 14.4 Å². The Labute approximate surface area is 257 Å². The number of nitrogens with zero attached hydrogens (tertiary/aromatic N) is 3. The van der Waals surface area contributed by atoms with Crippen LogP contribution in [0.4, 0.5) is 5.13 Å². The second-order valence-electron chi connectivity index (χ2n) is 10.4. The predicted octanol–water partition coefficient (Wildman–Crippen LogP) is 6.65. The van der Waals surface area contributed by atoms with Crippen LogP contribution in [-0.2, 0) is 21.8 Å². The van der Waals surface area contributed by atoms with Crippen molar-refractivity contribution < 1.29 is 24.2 Å². The predicted molar refractivity (Wildman–Crippen MR) is 168 cm³/mol. The highest BCUT2D eigenvalue weighted by atomic mass is 32.2. The molecule has 1 fully saturated rings. The Hall–Kier alpha value is -4.41. The summed E-state index contributed by atoms with van der Waals surface area (Å²) >= 11 is 2.73. The molecule has 2 aliphatic heterocycles. The van der Waals surface area contributed by atoms with Gasteiger partial charge in [-0.2, -0.15) is 0 Å². The summed E-state index contributed by atoms with van der Waals surface area (Å²) in [5, 5.41) is 20.5. The van der Waals surface area contributed by atoms with Crippen molar-refractivity contribution in [2.75, 3.05) is 11.5 Å². The van der Waals surface area contributed by atoms with Crippen molar-refractivity contribution in [2.24, 2.45) is 0 Å². The molecule has 43 heavy (non-hydrogen) atoms. The van der Waals surface area contributed by atoms with Gasteiger partial charge in [0.25, 0.3) is 5.78 Å². The van der Waals surface area contributed by atoms with Crippen LogP contribution in [0.3, 0.4) is 0 Å². The molecule has 6 rings (SSSR count). The number of rotatable bonds is 9. The summed E-state index contributed by atoms with van der Waals surface area (Å²) in [5.74, 6) is 0.128. The summed E-state index contributed by atoms with van der Waals surface area (Å²) in [6.07, 6.45) is 2.34. The molecular weight excluding hydrogens is 583 g/mol. The van der Waals surface area contributed by atoms with Gasteiger partial charge in [0.2, 0.25) is 5.13 Å². The molecule has 1 N–H and O–H groups in total. The topological polar surface area (TPSA) is 102 Å². The van der Waals surface area contributed by atoms with E-state index in [1.54, 1.807) is 42.5 Å². The normalized spacial score (nSPS) is 18.9. The molecule has 0 unspecified atom stereocenters. The zero-order valence-electron chi connectivity index (χ0n) is 23.6. The van der Waals surface area contributed by atoms with Crippen LogP contribution in [0.1, 0.15) is 40.8 Å². The van der Waals surface area contributed by atoms with E-state index in [2.05, 4.69) is 41.0 Å². The number of ketones is 1. The van der Waals surface area contributed by atoms with Crippen molar-refractivity contribution >= 4 is 45.7 Å². The van der Waals surface area contributed by atoms with Crippen molar-refractivity contribution in [1.29, 1.82) is 0 Å². The number of aliphatic hydroxyl groups is 1. The summed E-state index contributed by atoms with van der Waals surface area (Å²) in [7, 11) is 0. The molecule has 8 nitrogen and oxygen atoms in total. The van der Waals surface area contributed by atoms with Crippen LogP contribution in [0.5, 0.6) is 11.5 Å². The largest absolute Gasteiger partial charge is 0.507 e. The average Bonchev–Trinajstić information content (AvgIpc) is 3.70. The first-order valence-electron chi connectivity index (χ1n) is 13.8. The second-order valence-corrected chi connectivity index (χ2v) is 12.6. The number of hydrogen-bond acceptors (Lipinski definition) is 9. The van der Waals surface area contributed by atoms with Gasteiger partial charge in [-0.05, 0) is 60.9 Å². The summed E-state index contributed by atoms with van der Waals surface area (Å²) in [6.45, 7) is 8.00. The number of thioether (sulfide) groups is 1. The Morgan fingerprint density at radius 2 is 1.98 bits per heavy atom. The summed E-state index contributed by atoms with van der Waals surface area (Å²) in [5.41, 5.74) is 4.25. The van der Waals surface area contributed by atoms with Crippen LogP contribution in [-0.4, -0.2) is 39.7 Å². The van der Waals surface area contributed by atoms with E-state index in [-0.39, 0.29) is 29.2 Å². The van der Waals surface area contributed by atoms with Crippen molar-refractivity contribution in [3.8, 4) is 11.5 Å². The molecule has 1 aromatic heterocycles. The summed E-state index contributed by atoms with van der Waals surface area (Å²) in [4.78, 5) is 28.6. The third kappa shape index (κ3) is 5.80. The molecule has 3 aromatic carbocycles. The number of benzene rings is 3. The zero-order valence-corrected chi connectivity index (χ0v) is 25.3. The Bertz CT molecular complexity index is 1750. The number of fused-ring (bicyclic) bond motifs is 1. The standard InChI is InChI=1S/C33H29N3O5S2/c1-4-14-40-25-7-5-6-22(17-25)28-27(29(37)23-12-13-26-24(16-23)15-20(3)41-26)30(38)31(39)36(28)32-34-35-33(43-32)42-18-21-10-8-19(2)9-11-21/h4-13,16-17,20,28,37H,1,14-15,18H2,2-3H3/b29-27+/t20-,28+/m1/s1. The highest BCUT2D eigenvalue weighted by Gasteiger charge is 2.48. The van der Waals surface area contributed by atoms with Crippen molar-refractivity contribution in [3.63, 3.8) is 0 Å². The number of aliphatic hydroxyl groups excluding tert-OH is 1. The fraction of sp³-hybridized carbons (Fsp3) is 0.212. The maximum Gasteiger partial charge on any atom is 0.301 e. The summed E-state index contributed by atoms with van der Waals surface area (Å²) in [6, 6.07) is 19.7. The number of anilines is 1. The second kappa shape index (κ2) is 12.1. The number of aromatic nitrogens is 2. The Morgan fingerprint density at radius 1 is 1.16 bits per heavy atom. The van der Waals surface area contributed by atoms with Gasteiger partial charge in [-0.3, -0.25) is 14.5 Å². The van der Waals surface area contributed by atoms with Gasteiger partial charge in [-0.25, -0.2) is 0 Å². The molecule has 10 heteroatoms. The third-order valence-electron chi connectivity index (χ3n) is 7.24. The highest BCUT2D eigenvalue weighted by molar-refractivity contribution is 8.00. The molecular formula is C33H29N3O5S2. The van der Waals surface area contributed by atoms with E-state index in [1.807, 2.05) is 19.9 Å². The lowest BCUT2D eigenvalue weighted by Crippen LogP contribution is -2.29. The molecule has 2 aliphatic rings. The number of ether oxygens (including phenoxy) is 2. The molecule has 3 heterocycles. The molecule has 0 aliphatic carbocycles. The van der Waals surface area contributed by atoms with Gasteiger partial charge in [0.1, 0.15) is 30.0 Å². The highest BCUT2D eigenvalue weighted by Crippen LogP contribution is 2.45. The minimum atomic E-state index is -0.946. The molecule has 4 aromatic rings. The molecule has 0 bridgehead atoms. The first-order chi connectivity index (χ1) is 20.8. The van der Waals surface area contributed by atoms with E-state index in [0.29, 0.717) is 33.4 Å². The number of carbonyl (C=O) groups excluding carboxylic acids is 2. The maximum absolute atomic E-state index is 13.6. The Balaban J connectivity index is 1.39. The van der Waals surface area contributed by atoms with Gasteiger partial charge < -0.3 is 14.6 Å². The van der Waals surface area contributed by atoms with Crippen LogP contribution in [0.2, 0.25) is 0 Å². The van der Waals surface area contributed by atoms with E-state index in [0.717, 1.165) is 16.9 Å². The lowest BCUT2D eigenvalue weighted by Gasteiger charge is -2.23. The quantitative estimate of drug-likeness (QED) is 0.0561. The van der Waals surface area contributed by atoms with E-state index >= 15 is 0 Å². The van der Waals surface area contributed by atoms with Gasteiger partial charge in [-0.1, -0.05) is 77.7 Å². The Morgan fingerprint density at radius 3 is 2.77 bits per heavy atom. The number of aryl methyl sites for hydroxylation is 1. The molecule has 0 saturated carbocycles. The van der Waals surface area contributed by atoms with Crippen LogP contribution in [0, 0.1) is 6.92 Å². The average molecular weight is 612 g/mol. The smallest absolute Gasteiger partial charge is 0.301 e. The number of Topliss-reactive ketones (excluding diaryl/α,β-unsaturated/α-hetero) is 1. The van der Waals surface area contributed by atoms with Crippen molar-refractivity contribution in [3.05, 3.63) is 113 Å². The Kier molecular flexibility index (Phi) is 8.05. The molecule has 218 valence electrons. The van der Waals surface area contributed by atoms with E-state index in [4.69, 9.17) is 9.47 Å². The molecule has 0 spiro atoms. The van der Waals surface area contributed by atoms with Gasteiger partial charge in [0, 0.05) is 17.7 Å². The van der Waals surface area contributed by atoms with E-state index in [9.17, 15) is 14.7 Å². The van der Waals surface area contributed by atoms with Gasteiger partial charge in [0.05, 0.1) is 11.6 Å². The minimum Gasteiger partial charge on any atom is -0.507 e. The van der Waals surface area contributed by atoms with E-state index < -0.39 is 17.7 Å². The number of carbonyl (C=O) groups is 2. The lowest BCUT2D eigenvalue weighted by molar-refractivity contribution is -0.132. The van der Waals surface area contributed by atoms with Crippen LogP contribution in [0.25, 0.3) is 5.76 Å². The summed E-state index contributed by atoms with van der Waals surface area (Å²) < 4.78 is 12.2. The fourth-order valence-corrected chi connectivity index (χ4v) is 7.01.